The summed E-state index contributed by atoms with van der Waals surface area (Å²) < 4.78 is 43.4. The Labute approximate surface area is 243 Å². The zero-order valence-electron chi connectivity index (χ0n) is 25.2. The number of anilines is 2. The van der Waals surface area contributed by atoms with Crippen LogP contribution in [-0.4, -0.2) is 55.2 Å². The Hall–Kier alpha value is -3.54. The van der Waals surface area contributed by atoms with Gasteiger partial charge in [0.2, 0.25) is 0 Å². The van der Waals surface area contributed by atoms with Gasteiger partial charge in [-0.1, -0.05) is 39.8 Å². The molecule has 12 heteroatoms. The molecule has 1 fully saturated rings. The third-order valence-corrected chi connectivity index (χ3v) is 8.14. The first kappa shape index (κ1) is 31.4. The Morgan fingerprint density at radius 2 is 1.79 bits per heavy atom. The minimum absolute atomic E-state index is 0.0690. The van der Waals surface area contributed by atoms with E-state index in [4.69, 9.17) is 5.10 Å². The second-order valence-corrected chi connectivity index (χ2v) is 13.3. The number of alkyl halides is 3. The molecule has 4 N–H and O–H groups in total. The van der Waals surface area contributed by atoms with Crippen molar-refractivity contribution in [3.05, 3.63) is 52.4 Å². The third-order valence-electron chi connectivity index (χ3n) is 8.14. The number of carbonyl (C=O) groups is 1. The summed E-state index contributed by atoms with van der Waals surface area (Å²) in [6, 6.07) is 5.55. The lowest BCUT2D eigenvalue weighted by atomic mass is 9.72. The topological polar surface area (TPSA) is 115 Å². The van der Waals surface area contributed by atoms with Crippen LogP contribution in [0.25, 0.3) is 10.9 Å². The lowest BCUT2D eigenvalue weighted by Gasteiger charge is -2.50. The number of likely N-dealkylation sites (tertiary alicyclic amines) is 1. The summed E-state index contributed by atoms with van der Waals surface area (Å²) in [7, 11) is 0. The minimum Gasteiger partial charge on any atom is -0.465 e. The fourth-order valence-corrected chi connectivity index (χ4v) is 5.93. The lowest BCUT2D eigenvalue weighted by molar-refractivity contribution is -0.161. The second kappa shape index (κ2) is 10.9. The molecule has 0 bridgehead atoms. The number of hydrogen-bond donors (Lipinski definition) is 4. The summed E-state index contributed by atoms with van der Waals surface area (Å²) in [6.45, 7) is 13.4. The molecule has 1 aliphatic rings. The second-order valence-electron chi connectivity index (χ2n) is 13.3. The Morgan fingerprint density at radius 3 is 2.31 bits per heavy atom. The average molecular weight is 591 g/mol. The van der Waals surface area contributed by atoms with Crippen LogP contribution < -0.4 is 16.2 Å². The van der Waals surface area contributed by atoms with Gasteiger partial charge in [0, 0.05) is 30.0 Å². The van der Waals surface area contributed by atoms with E-state index in [-0.39, 0.29) is 28.4 Å². The van der Waals surface area contributed by atoms with Gasteiger partial charge in [-0.3, -0.25) is 14.8 Å². The molecular formula is C30H41F3N6O3. The van der Waals surface area contributed by atoms with Crippen molar-refractivity contribution in [1.82, 2.24) is 25.0 Å². The minimum atomic E-state index is -4.49. The molecule has 1 aliphatic heterocycles. The van der Waals surface area contributed by atoms with E-state index in [2.05, 4.69) is 15.6 Å². The molecule has 42 heavy (non-hydrogen) atoms. The maximum absolute atomic E-state index is 13.9. The number of carboxylic acid groups (broad SMARTS) is 1. The zero-order chi connectivity index (χ0) is 31.3. The fourth-order valence-electron chi connectivity index (χ4n) is 5.93. The van der Waals surface area contributed by atoms with E-state index in [1.807, 2.05) is 32.4 Å². The normalized spacial score (nSPS) is 21.0. The molecule has 3 heterocycles. The van der Waals surface area contributed by atoms with Gasteiger partial charge in [-0.15, -0.1) is 0 Å². The molecule has 2 aromatic heterocycles. The van der Waals surface area contributed by atoms with Crippen molar-refractivity contribution in [2.45, 2.75) is 97.1 Å². The van der Waals surface area contributed by atoms with Crippen LogP contribution in [0.3, 0.4) is 0 Å². The molecule has 1 amide bonds. The van der Waals surface area contributed by atoms with Crippen LogP contribution in [0.1, 0.15) is 79.3 Å². The van der Waals surface area contributed by atoms with Crippen molar-refractivity contribution in [2.75, 3.05) is 11.9 Å². The molecule has 3 aromatic rings. The number of rotatable bonds is 6. The molecule has 0 saturated carbocycles. The van der Waals surface area contributed by atoms with Gasteiger partial charge in [0.05, 0.1) is 11.1 Å². The lowest BCUT2D eigenvalue weighted by Crippen LogP contribution is -2.57. The number of piperidine rings is 1. The molecule has 1 aromatic carbocycles. The molecular weight excluding hydrogens is 549 g/mol. The van der Waals surface area contributed by atoms with Crippen LogP contribution in [0.2, 0.25) is 0 Å². The SMILES string of the molecule is CCC1(n2nc(Nc3ccc(C(NC(C)(C)C)C(F)(F)F)cc3)c3c(=O)[nH]ccc32)CCN(C(=O)O)C(C(C)(C)C)C1. The summed E-state index contributed by atoms with van der Waals surface area (Å²) in [5.41, 5.74) is -0.861. The number of nitrogens with one attached hydrogen (secondary N) is 3. The first-order valence-corrected chi connectivity index (χ1v) is 14.2. The smallest absolute Gasteiger partial charge is 0.407 e. The Kier molecular flexibility index (Phi) is 8.18. The number of hydrogen-bond acceptors (Lipinski definition) is 5. The molecule has 4 rings (SSSR count). The summed E-state index contributed by atoms with van der Waals surface area (Å²) in [5, 5.41) is 20.9. The van der Waals surface area contributed by atoms with Gasteiger partial charge in [-0.25, -0.2) is 4.79 Å². The molecule has 3 unspecified atom stereocenters. The predicted molar refractivity (Wildman–Crippen MR) is 157 cm³/mol. The highest BCUT2D eigenvalue weighted by molar-refractivity contribution is 5.91. The van der Waals surface area contributed by atoms with E-state index in [0.717, 1.165) is 0 Å². The van der Waals surface area contributed by atoms with Gasteiger partial charge in [0.1, 0.15) is 11.4 Å². The van der Waals surface area contributed by atoms with Crippen molar-refractivity contribution in [1.29, 1.82) is 0 Å². The quantitative estimate of drug-likeness (QED) is 0.252. The molecule has 1 saturated heterocycles. The number of amides is 1. The van der Waals surface area contributed by atoms with Crippen LogP contribution in [0.15, 0.2) is 41.3 Å². The molecule has 230 valence electrons. The van der Waals surface area contributed by atoms with E-state index in [1.54, 1.807) is 33.0 Å². The van der Waals surface area contributed by atoms with Crippen LogP contribution in [0.5, 0.6) is 0 Å². The number of aromatic nitrogens is 3. The molecule has 0 spiro atoms. The van der Waals surface area contributed by atoms with Crippen molar-refractivity contribution >= 4 is 28.5 Å². The van der Waals surface area contributed by atoms with Gasteiger partial charge in [0.15, 0.2) is 5.82 Å². The van der Waals surface area contributed by atoms with E-state index < -0.39 is 29.4 Å². The van der Waals surface area contributed by atoms with Crippen molar-refractivity contribution in [3.8, 4) is 0 Å². The highest BCUT2D eigenvalue weighted by atomic mass is 19.4. The summed E-state index contributed by atoms with van der Waals surface area (Å²) in [6.07, 6.45) is -2.21. The Morgan fingerprint density at radius 1 is 1.14 bits per heavy atom. The zero-order valence-corrected chi connectivity index (χ0v) is 25.2. The van der Waals surface area contributed by atoms with E-state index >= 15 is 0 Å². The van der Waals surface area contributed by atoms with E-state index in [1.165, 1.54) is 29.2 Å². The van der Waals surface area contributed by atoms with Crippen LogP contribution in [-0.2, 0) is 5.54 Å². The van der Waals surface area contributed by atoms with Crippen molar-refractivity contribution in [2.24, 2.45) is 5.41 Å². The van der Waals surface area contributed by atoms with Crippen LogP contribution in [0.4, 0.5) is 29.5 Å². The van der Waals surface area contributed by atoms with Crippen LogP contribution >= 0.6 is 0 Å². The Balaban J connectivity index is 1.74. The standard InChI is InChI=1S/C30H41F3N6O3/c1-8-29(14-16-38(26(41)42)21(17-29)27(2,3)4)39-20-13-15-34-25(40)22(20)24(37-39)35-19-11-9-18(10-12-19)23(30(31,32)33)36-28(5,6)7/h9-13,15,21,23,36H,8,14,16-17H2,1-7H3,(H,34,40)(H,35,37)(H,41,42). The first-order chi connectivity index (χ1) is 19.4. The number of benzene rings is 1. The van der Waals surface area contributed by atoms with Gasteiger partial charge >= 0.3 is 12.3 Å². The Bertz CT molecular complexity index is 1480. The fraction of sp³-hybridized carbons (Fsp3) is 0.567. The maximum atomic E-state index is 13.9. The van der Waals surface area contributed by atoms with Gasteiger partial charge < -0.3 is 20.3 Å². The maximum Gasteiger partial charge on any atom is 0.407 e. The first-order valence-electron chi connectivity index (χ1n) is 14.2. The highest BCUT2D eigenvalue weighted by Gasteiger charge is 2.47. The predicted octanol–water partition coefficient (Wildman–Crippen LogP) is 6.75. The molecule has 9 nitrogen and oxygen atoms in total. The van der Waals surface area contributed by atoms with Gasteiger partial charge in [0.25, 0.3) is 5.56 Å². The van der Waals surface area contributed by atoms with Crippen molar-refractivity contribution in [3.63, 3.8) is 0 Å². The highest BCUT2D eigenvalue weighted by Crippen LogP contribution is 2.44. The average Bonchev–Trinajstić information content (AvgIpc) is 3.26. The van der Waals surface area contributed by atoms with Gasteiger partial charge in [-0.2, -0.15) is 18.3 Å². The molecule has 0 aliphatic carbocycles. The van der Waals surface area contributed by atoms with Crippen LogP contribution in [0, 0.1) is 5.41 Å². The largest absolute Gasteiger partial charge is 0.465 e. The number of aromatic amines is 1. The number of fused-ring (bicyclic) bond motifs is 1. The number of pyridine rings is 1. The summed E-state index contributed by atoms with van der Waals surface area (Å²) in [4.78, 5) is 29.3. The number of H-pyrrole nitrogens is 1. The third kappa shape index (κ3) is 6.28. The summed E-state index contributed by atoms with van der Waals surface area (Å²) >= 11 is 0. The van der Waals surface area contributed by atoms with Gasteiger partial charge in [-0.05, 0) is 69.2 Å². The number of halogens is 3. The molecule has 3 atom stereocenters. The van der Waals surface area contributed by atoms with E-state index in [9.17, 15) is 27.9 Å². The number of nitrogens with zero attached hydrogens (tertiary/aromatic N) is 3. The summed E-state index contributed by atoms with van der Waals surface area (Å²) in [5.74, 6) is 0.278. The monoisotopic (exact) mass is 590 g/mol. The van der Waals surface area contributed by atoms with Crippen molar-refractivity contribution < 1.29 is 23.1 Å². The van der Waals surface area contributed by atoms with E-state index in [0.29, 0.717) is 42.4 Å². The molecule has 0 radical (unpaired) electrons.